The Labute approximate surface area is 87.1 Å². The van der Waals surface area contributed by atoms with E-state index >= 15 is 0 Å². The molecule has 0 spiro atoms. The normalized spacial score (nSPS) is 9.00. The molecule has 0 aromatic rings. The third-order valence-corrected chi connectivity index (χ3v) is 1.82. The first-order chi connectivity index (χ1) is 5.43. The molecule has 0 rings (SSSR count). The smallest absolute Gasteiger partial charge is 0.164 e. The molecule has 68 valence electrons. The van der Waals surface area contributed by atoms with Gasteiger partial charge in [-0.15, -0.1) is 0 Å². The van der Waals surface area contributed by atoms with Crippen LogP contribution in [-0.2, 0) is 4.79 Å². The molecule has 0 aliphatic rings. The van der Waals surface area contributed by atoms with Crippen LogP contribution >= 0.6 is 35.4 Å². The van der Waals surface area contributed by atoms with Gasteiger partial charge in [0.2, 0.25) is 0 Å². The molecule has 0 aromatic carbocycles. The number of allylic oxidation sites excluding steroid dienone is 1. The highest BCUT2D eigenvalue weighted by molar-refractivity contribution is 7.80. The summed E-state index contributed by atoms with van der Waals surface area (Å²) in [7, 11) is 3.56. The molecule has 2 nitrogen and oxygen atoms in total. The second kappa shape index (κ2) is 5.51. The number of rotatable bonds is 3. The van der Waals surface area contributed by atoms with Crippen LogP contribution < -0.4 is 0 Å². The summed E-state index contributed by atoms with van der Waals surface area (Å²) in [5, 5.41) is 0. The highest BCUT2D eigenvalue weighted by Gasteiger charge is 2.05. The number of nitrogens with zero attached hydrogens (tertiary/aromatic N) is 1. The van der Waals surface area contributed by atoms with E-state index in [0.717, 1.165) is 6.08 Å². The van der Waals surface area contributed by atoms with Crippen molar-refractivity contribution in [1.29, 1.82) is 0 Å². The number of ketones is 1. The second-order valence-electron chi connectivity index (χ2n) is 2.37. The Balaban J connectivity index is 4.03. The summed E-state index contributed by atoms with van der Waals surface area (Å²) < 4.78 is -0.0402. The summed E-state index contributed by atoms with van der Waals surface area (Å²) in [4.78, 5) is 13.3. The maximum atomic E-state index is 11.0. The van der Waals surface area contributed by atoms with Crippen LogP contribution in [0.5, 0.6) is 0 Å². The summed E-state index contributed by atoms with van der Waals surface area (Å²) in [6.07, 6.45) is 1.32. The van der Waals surface area contributed by atoms with Crippen LogP contribution in [-0.4, -0.2) is 29.8 Å². The lowest BCUT2D eigenvalue weighted by Gasteiger charge is -2.11. The fourth-order valence-corrected chi connectivity index (χ4v) is 0.866. The van der Waals surface area contributed by atoms with E-state index in [4.69, 9.17) is 35.4 Å². The molecule has 0 radical (unpaired) electrons. The van der Waals surface area contributed by atoms with E-state index < -0.39 is 0 Å². The zero-order chi connectivity index (χ0) is 9.72. The summed E-state index contributed by atoms with van der Waals surface area (Å²) in [6, 6.07) is 0. The molecule has 12 heavy (non-hydrogen) atoms. The fourth-order valence-electron chi connectivity index (χ4n) is 0.480. The SMILES string of the molecule is CN(C)C(=S)CC(=O)C=C(Cl)Cl. The molecular weight excluding hydrogens is 217 g/mol. The van der Waals surface area contributed by atoms with Crippen LogP contribution in [0.4, 0.5) is 0 Å². The minimum atomic E-state index is -0.186. The Hall–Kier alpha value is -0.120. The van der Waals surface area contributed by atoms with Crippen LogP contribution in [0.25, 0.3) is 0 Å². The molecule has 0 unspecified atom stereocenters. The minimum Gasteiger partial charge on any atom is -0.372 e. The van der Waals surface area contributed by atoms with Gasteiger partial charge in [-0.1, -0.05) is 35.4 Å². The summed E-state index contributed by atoms with van der Waals surface area (Å²) in [5.41, 5.74) is 0. The number of carbonyl (C=O) groups excluding carboxylic acids is 1. The van der Waals surface area contributed by atoms with E-state index in [9.17, 15) is 4.79 Å². The van der Waals surface area contributed by atoms with Crippen LogP contribution in [0.3, 0.4) is 0 Å². The molecule has 0 aromatic heterocycles. The molecule has 0 heterocycles. The van der Waals surface area contributed by atoms with Gasteiger partial charge in [0, 0.05) is 20.2 Å². The van der Waals surface area contributed by atoms with Crippen LogP contribution in [0.1, 0.15) is 6.42 Å². The van der Waals surface area contributed by atoms with Gasteiger partial charge in [-0.05, 0) is 0 Å². The number of hydrogen-bond donors (Lipinski definition) is 0. The van der Waals surface area contributed by atoms with Gasteiger partial charge in [-0.2, -0.15) is 0 Å². The Bertz CT molecular complexity index is 221. The average Bonchev–Trinajstić information content (AvgIpc) is 1.84. The predicted molar refractivity (Wildman–Crippen MR) is 55.7 cm³/mol. The Morgan fingerprint density at radius 1 is 1.50 bits per heavy atom. The van der Waals surface area contributed by atoms with Gasteiger partial charge in [0.1, 0.15) is 4.49 Å². The van der Waals surface area contributed by atoms with Gasteiger partial charge in [0.15, 0.2) is 5.78 Å². The first kappa shape index (κ1) is 11.9. The molecule has 0 aliphatic carbocycles. The topological polar surface area (TPSA) is 20.3 Å². The standard InChI is InChI=1S/C7H9Cl2NOS/c1-10(2)7(12)4-5(11)3-6(8)9/h3H,4H2,1-2H3. The summed E-state index contributed by atoms with van der Waals surface area (Å²) in [5.74, 6) is -0.186. The molecule has 0 atom stereocenters. The number of halogens is 2. The predicted octanol–water partition coefficient (Wildman–Crippen LogP) is 2.15. The maximum Gasteiger partial charge on any atom is 0.164 e. The van der Waals surface area contributed by atoms with E-state index in [0.29, 0.717) is 4.99 Å². The molecule has 0 aliphatic heterocycles. The van der Waals surface area contributed by atoms with Crippen LogP contribution in [0.2, 0.25) is 0 Å². The van der Waals surface area contributed by atoms with Gasteiger partial charge in [-0.3, -0.25) is 4.79 Å². The quantitative estimate of drug-likeness (QED) is 0.543. The largest absolute Gasteiger partial charge is 0.372 e. The molecule has 0 fully saturated rings. The van der Waals surface area contributed by atoms with Gasteiger partial charge in [-0.25, -0.2) is 0 Å². The Morgan fingerprint density at radius 3 is 2.33 bits per heavy atom. The van der Waals surface area contributed by atoms with Crippen molar-refractivity contribution in [3.8, 4) is 0 Å². The summed E-state index contributed by atoms with van der Waals surface area (Å²) >= 11 is 15.5. The van der Waals surface area contributed by atoms with Gasteiger partial charge in [0.25, 0.3) is 0 Å². The number of hydrogen-bond acceptors (Lipinski definition) is 2. The highest BCUT2D eigenvalue weighted by Crippen LogP contribution is 2.07. The van der Waals surface area contributed by atoms with Crippen molar-refractivity contribution in [1.82, 2.24) is 4.90 Å². The van der Waals surface area contributed by atoms with Crippen molar-refractivity contribution in [2.75, 3.05) is 14.1 Å². The highest BCUT2D eigenvalue weighted by atomic mass is 35.5. The van der Waals surface area contributed by atoms with Gasteiger partial charge < -0.3 is 4.90 Å². The van der Waals surface area contributed by atoms with Crippen LogP contribution in [0.15, 0.2) is 10.6 Å². The van der Waals surface area contributed by atoms with Gasteiger partial charge >= 0.3 is 0 Å². The molecule has 0 N–H and O–H groups in total. The fraction of sp³-hybridized carbons (Fsp3) is 0.429. The van der Waals surface area contributed by atoms with E-state index in [1.807, 2.05) is 0 Å². The average molecular weight is 226 g/mol. The monoisotopic (exact) mass is 225 g/mol. The van der Waals surface area contributed by atoms with E-state index in [1.54, 1.807) is 19.0 Å². The van der Waals surface area contributed by atoms with E-state index in [2.05, 4.69) is 0 Å². The zero-order valence-corrected chi connectivity index (χ0v) is 9.13. The lowest BCUT2D eigenvalue weighted by atomic mass is 10.3. The van der Waals surface area contributed by atoms with Crippen molar-refractivity contribution in [2.45, 2.75) is 6.42 Å². The third kappa shape index (κ3) is 5.52. The van der Waals surface area contributed by atoms with Crippen molar-refractivity contribution >= 4 is 46.2 Å². The van der Waals surface area contributed by atoms with Crippen molar-refractivity contribution in [3.05, 3.63) is 10.6 Å². The molecule has 0 bridgehead atoms. The van der Waals surface area contributed by atoms with E-state index in [-0.39, 0.29) is 16.7 Å². The molecular formula is C7H9Cl2NOS. The molecule has 0 saturated carbocycles. The van der Waals surface area contributed by atoms with Crippen molar-refractivity contribution < 1.29 is 4.79 Å². The zero-order valence-electron chi connectivity index (χ0n) is 6.80. The maximum absolute atomic E-state index is 11.0. The molecule has 5 heteroatoms. The van der Waals surface area contributed by atoms with Gasteiger partial charge in [0.05, 0.1) is 11.4 Å². The minimum absolute atomic E-state index is 0.0402. The first-order valence-electron chi connectivity index (χ1n) is 3.19. The second-order valence-corrected chi connectivity index (χ2v) is 3.84. The lowest BCUT2D eigenvalue weighted by Crippen LogP contribution is -2.21. The Kier molecular flexibility index (Phi) is 5.46. The summed E-state index contributed by atoms with van der Waals surface area (Å²) in [6.45, 7) is 0. The molecule has 0 amide bonds. The van der Waals surface area contributed by atoms with E-state index in [1.165, 1.54) is 0 Å². The van der Waals surface area contributed by atoms with Crippen molar-refractivity contribution in [2.24, 2.45) is 0 Å². The van der Waals surface area contributed by atoms with Crippen molar-refractivity contribution in [3.63, 3.8) is 0 Å². The number of carbonyl (C=O) groups is 1. The van der Waals surface area contributed by atoms with Crippen LogP contribution in [0, 0.1) is 0 Å². The third-order valence-electron chi connectivity index (χ3n) is 1.09. The first-order valence-corrected chi connectivity index (χ1v) is 4.35. The lowest BCUT2D eigenvalue weighted by molar-refractivity contribution is -0.113. The number of thiocarbonyl (C=S) groups is 1. The Morgan fingerprint density at radius 2 is 2.00 bits per heavy atom. The molecule has 0 saturated heterocycles.